The number of hydrogen-bond acceptors (Lipinski definition) is 4. The summed E-state index contributed by atoms with van der Waals surface area (Å²) in [6.07, 6.45) is 0. The van der Waals surface area contributed by atoms with Gasteiger partial charge in [-0.1, -0.05) is 6.07 Å². The quantitative estimate of drug-likeness (QED) is 0.920. The number of thiophene rings is 1. The summed E-state index contributed by atoms with van der Waals surface area (Å²) < 4.78 is 0. The fourth-order valence-electron chi connectivity index (χ4n) is 2.61. The number of halogens is 1. The highest BCUT2D eigenvalue weighted by Gasteiger charge is 2.23. The van der Waals surface area contributed by atoms with Gasteiger partial charge in [0.15, 0.2) is 0 Å². The van der Waals surface area contributed by atoms with Crippen molar-refractivity contribution in [3.8, 4) is 0 Å². The fourth-order valence-corrected chi connectivity index (χ4v) is 3.36. The number of nitrogens with zero attached hydrogens (tertiary/aromatic N) is 2. The topological polar surface area (TPSA) is 35.6 Å². The number of nitrogens with one attached hydrogen (secondary N) is 1. The van der Waals surface area contributed by atoms with Crippen molar-refractivity contribution in [1.82, 2.24) is 15.1 Å². The molecule has 0 radical (unpaired) electrons. The van der Waals surface area contributed by atoms with Crippen LogP contribution in [0.2, 0.25) is 0 Å². The fraction of sp³-hybridized carbons (Fsp3) is 0.643. The second kappa shape index (κ2) is 7.98. The number of amides is 1. The van der Waals surface area contributed by atoms with Gasteiger partial charge in [-0.3, -0.25) is 9.69 Å². The average molecular weight is 318 g/mol. The Bertz CT molecular complexity index is 403. The third-order valence-corrected chi connectivity index (χ3v) is 4.25. The van der Waals surface area contributed by atoms with Gasteiger partial charge in [-0.05, 0) is 25.3 Å². The standard InChI is InChI=1S/C14H23N3OS.ClH/c1-11-7-17(8-12(2)15-11)10-14(18)16(3)9-13-5-4-6-19-13;/h4-6,11-12,15H,7-10H2,1-3H3;1H. The first-order valence-electron chi connectivity index (χ1n) is 6.79. The number of hydrogen-bond donors (Lipinski definition) is 1. The number of piperazine rings is 1. The van der Waals surface area contributed by atoms with Crippen molar-refractivity contribution in [2.24, 2.45) is 0 Å². The highest BCUT2D eigenvalue weighted by atomic mass is 35.5. The second-order valence-corrected chi connectivity index (χ2v) is 6.52. The average Bonchev–Trinajstić information content (AvgIpc) is 2.80. The lowest BCUT2D eigenvalue weighted by Crippen LogP contribution is -2.56. The summed E-state index contributed by atoms with van der Waals surface area (Å²) in [5.74, 6) is 0.203. The van der Waals surface area contributed by atoms with Gasteiger partial charge >= 0.3 is 0 Å². The van der Waals surface area contributed by atoms with Crippen molar-refractivity contribution in [1.29, 1.82) is 0 Å². The van der Waals surface area contributed by atoms with Crippen LogP contribution < -0.4 is 5.32 Å². The van der Waals surface area contributed by atoms with Crippen LogP contribution in [0.1, 0.15) is 18.7 Å². The lowest BCUT2D eigenvalue weighted by molar-refractivity contribution is -0.132. The van der Waals surface area contributed by atoms with Gasteiger partial charge in [0.2, 0.25) is 5.91 Å². The molecule has 1 fully saturated rings. The molecule has 2 unspecified atom stereocenters. The minimum atomic E-state index is 0. The molecule has 2 heterocycles. The molecule has 2 rings (SSSR count). The Morgan fingerprint density at radius 2 is 2.10 bits per heavy atom. The second-order valence-electron chi connectivity index (χ2n) is 5.49. The Balaban J connectivity index is 0.00000200. The zero-order valence-corrected chi connectivity index (χ0v) is 14.0. The predicted molar refractivity (Wildman–Crippen MR) is 86.5 cm³/mol. The zero-order chi connectivity index (χ0) is 13.8. The lowest BCUT2D eigenvalue weighted by Gasteiger charge is -2.36. The van der Waals surface area contributed by atoms with Crippen LogP contribution in [-0.4, -0.2) is 54.5 Å². The van der Waals surface area contributed by atoms with Crippen LogP contribution in [0.3, 0.4) is 0 Å². The molecule has 1 aliphatic heterocycles. The molecule has 1 aromatic heterocycles. The van der Waals surface area contributed by atoms with Crippen molar-refractivity contribution in [3.05, 3.63) is 22.4 Å². The number of carbonyl (C=O) groups is 1. The van der Waals surface area contributed by atoms with Crippen molar-refractivity contribution < 1.29 is 4.79 Å². The van der Waals surface area contributed by atoms with E-state index in [2.05, 4.69) is 30.1 Å². The number of carbonyl (C=O) groups excluding carboxylic acids is 1. The molecule has 114 valence electrons. The molecule has 1 aromatic rings. The van der Waals surface area contributed by atoms with E-state index in [0.717, 1.165) is 13.1 Å². The van der Waals surface area contributed by atoms with E-state index in [0.29, 0.717) is 25.2 Å². The number of likely N-dealkylation sites (N-methyl/N-ethyl adjacent to an activating group) is 1. The molecule has 4 nitrogen and oxygen atoms in total. The van der Waals surface area contributed by atoms with Crippen LogP contribution in [0.15, 0.2) is 17.5 Å². The smallest absolute Gasteiger partial charge is 0.236 e. The summed E-state index contributed by atoms with van der Waals surface area (Å²) in [6.45, 7) is 7.47. The molecule has 0 saturated carbocycles. The summed E-state index contributed by atoms with van der Waals surface area (Å²) in [5.41, 5.74) is 0. The van der Waals surface area contributed by atoms with Gasteiger partial charge in [0.05, 0.1) is 13.1 Å². The van der Waals surface area contributed by atoms with Crippen LogP contribution in [-0.2, 0) is 11.3 Å². The Kier molecular flexibility index (Phi) is 6.95. The molecule has 0 bridgehead atoms. The normalized spacial score (nSPS) is 23.1. The van der Waals surface area contributed by atoms with Gasteiger partial charge in [-0.2, -0.15) is 0 Å². The minimum Gasteiger partial charge on any atom is -0.340 e. The maximum absolute atomic E-state index is 12.2. The van der Waals surface area contributed by atoms with Gasteiger partial charge in [-0.25, -0.2) is 0 Å². The van der Waals surface area contributed by atoms with Gasteiger partial charge in [-0.15, -0.1) is 23.7 Å². The number of rotatable bonds is 4. The molecule has 0 aliphatic carbocycles. The van der Waals surface area contributed by atoms with Crippen LogP contribution in [0.25, 0.3) is 0 Å². The van der Waals surface area contributed by atoms with Crippen molar-refractivity contribution in [2.45, 2.75) is 32.5 Å². The van der Waals surface area contributed by atoms with Crippen molar-refractivity contribution >= 4 is 29.7 Å². The third-order valence-electron chi connectivity index (χ3n) is 3.39. The Hall–Kier alpha value is -0.620. The Morgan fingerprint density at radius 3 is 2.65 bits per heavy atom. The molecular formula is C14H24ClN3OS. The molecule has 1 aliphatic rings. The van der Waals surface area contributed by atoms with Crippen LogP contribution >= 0.6 is 23.7 Å². The molecule has 0 aromatic carbocycles. The SMILES string of the molecule is CC1CN(CC(=O)N(C)Cc2cccs2)CC(C)N1.Cl. The van der Waals surface area contributed by atoms with Crippen molar-refractivity contribution in [3.63, 3.8) is 0 Å². The zero-order valence-electron chi connectivity index (χ0n) is 12.3. The van der Waals surface area contributed by atoms with Crippen LogP contribution in [0.4, 0.5) is 0 Å². The highest BCUT2D eigenvalue weighted by Crippen LogP contribution is 2.11. The minimum absolute atomic E-state index is 0. The Morgan fingerprint density at radius 1 is 1.45 bits per heavy atom. The van der Waals surface area contributed by atoms with E-state index in [1.54, 1.807) is 11.3 Å². The van der Waals surface area contributed by atoms with Crippen LogP contribution in [0, 0.1) is 0 Å². The molecule has 20 heavy (non-hydrogen) atoms. The van der Waals surface area contributed by atoms with Gasteiger partial charge in [0.1, 0.15) is 0 Å². The molecule has 1 saturated heterocycles. The first kappa shape index (κ1) is 17.4. The monoisotopic (exact) mass is 317 g/mol. The molecule has 1 amide bonds. The molecule has 1 N–H and O–H groups in total. The van der Waals surface area contributed by atoms with E-state index in [1.807, 2.05) is 23.4 Å². The third kappa shape index (κ3) is 5.05. The van der Waals surface area contributed by atoms with E-state index >= 15 is 0 Å². The summed E-state index contributed by atoms with van der Waals surface area (Å²) in [4.78, 5) is 17.5. The van der Waals surface area contributed by atoms with E-state index in [-0.39, 0.29) is 18.3 Å². The molecular weight excluding hydrogens is 294 g/mol. The predicted octanol–water partition coefficient (Wildman–Crippen LogP) is 1.81. The largest absolute Gasteiger partial charge is 0.340 e. The summed E-state index contributed by atoms with van der Waals surface area (Å²) >= 11 is 1.70. The van der Waals surface area contributed by atoms with Crippen LogP contribution in [0.5, 0.6) is 0 Å². The lowest BCUT2D eigenvalue weighted by atomic mass is 10.1. The molecule has 2 atom stereocenters. The maximum Gasteiger partial charge on any atom is 0.236 e. The van der Waals surface area contributed by atoms with Gasteiger partial charge in [0.25, 0.3) is 0 Å². The van der Waals surface area contributed by atoms with Gasteiger partial charge in [0, 0.05) is 37.1 Å². The van der Waals surface area contributed by atoms with Gasteiger partial charge < -0.3 is 10.2 Å². The Labute approximate surface area is 131 Å². The van der Waals surface area contributed by atoms with Crippen molar-refractivity contribution in [2.75, 3.05) is 26.7 Å². The van der Waals surface area contributed by atoms with E-state index in [4.69, 9.17) is 0 Å². The summed E-state index contributed by atoms with van der Waals surface area (Å²) in [6, 6.07) is 5.01. The highest BCUT2D eigenvalue weighted by molar-refractivity contribution is 7.09. The molecule has 6 heteroatoms. The summed E-state index contributed by atoms with van der Waals surface area (Å²) in [7, 11) is 1.89. The molecule has 0 spiro atoms. The van der Waals surface area contributed by atoms with E-state index in [1.165, 1.54) is 4.88 Å². The summed E-state index contributed by atoms with van der Waals surface area (Å²) in [5, 5.41) is 5.53. The van der Waals surface area contributed by atoms with E-state index in [9.17, 15) is 4.79 Å². The maximum atomic E-state index is 12.2. The first-order valence-corrected chi connectivity index (χ1v) is 7.67. The van der Waals surface area contributed by atoms with E-state index < -0.39 is 0 Å². The first-order chi connectivity index (χ1) is 9.04.